The molecule has 1 N–H and O–H groups in total. The molecule has 31 heavy (non-hydrogen) atoms. The Morgan fingerprint density at radius 2 is 2.32 bits per heavy atom. The molecule has 3 heterocycles. The number of nitrogens with zero attached hydrogens (tertiary/aromatic N) is 3. The van der Waals surface area contributed by atoms with Gasteiger partial charge in [0, 0.05) is 46.7 Å². The van der Waals surface area contributed by atoms with Crippen LogP contribution in [0.4, 0.5) is 0 Å². The van der Waals surface area contributed by atoms with E-state index in [-0.39, 0.29) is 5.91 Å². The van der Waals surface area contributed by atoms with Gasteiger partial charge < -0.3 is 19.7 Å². The van der Waals surface area contributed by atoms with Gasteiger partial charge in [0.2, 0.25) is 0 Å². The van der Waals surface area contributed by atoms with E-state index in [2.05, 4.69) is 23.5 Å². The van der Waals surface area contributed by atoms with Crippen molar-refractivity contribution in [2.24, 2.45) is 0 Å². The van der Waals surface area contributed by atoms with Crippen molar-refractivity contribution >= 4 is 33.2 Å². The Labute approximate surface area is 187 Å². The fourth-order valence-corrected chi connectivity index (χ4v) is 5.01. The summed E-state index contributed by atoms with van der Waals surface area (Å²) in [6.07, 6.45) is 7.69. The second kappa shape index (κ2) is 10.5. The molecule has 1 aliphatic heterocycles. The summed E-state index contributed by atoms with van der Waals surface area (Å²) < 4.78 is 12.8. The molecule has 0 saturated carbocycles. The SMILES string of the molecule is COCCCCN(C)C(=O)c1cn2c(nc3cc(CNCCC4CCCO4)ccc32)s1. The van der Waals surface area contributed by atoms with E-state index in [9.17, 15) is 4.79 Å². The fourth-order valence-electron chi connectivity index (χ4n) is 4.02. The molecule has 0 radical (unpaired) electrons. The van der Waals surface area contributed by atoms with E-state index in [4.69, 9.17) is 14.5 Å². The number of methoxy groups -OCH3 is 1. The van der Waals surface area contributed by atoms with Gasteiger partial charge in [-0.2, -0.15) is 0 Å². The van der Waals surface area contributed by atoms with Gasteiger partial charge in [0.15, 0.2) is 4.96 Å². The first kappa shape index (κ1) is 22.2. The molecule has 1 aromatic carbocycles. The normalized spacial score (nSPS) is 16.5. The van der Waals surface area contributed by atoms with Crippen LogP contribution in [0.3, 0.4) is 0 Å². The second-order valence-corrected chi connectivity index (χ2v) is 9.22. The Morgan fingerprint density at radius 3 is 3.13 bits per heavy atom. The Morgan fingerprint density at radius 1 is 1.42 bits per heavy atom. The molecule has 1 unspecified atom stereocenters. The summed E-state index contributed by atoms with van der Waals surface area (Å²) in [5.74, 6) is 0.0492. The summed E-state index contributed by atoms with van der Waals surface area (Å²) in [6, 6.07) is 6.37. The lowest BCUT2D eigenvalue weighted by Crippen LogP contribution is -2.27. The van der Waals surface area contributed by atoms with Crippen molar-refractivity contribution in [3.8, 4) is 0 Å². The molecule has 0 spiro atoms. The van der Waals surface area contributed by atoms with E-state index in [1.54, 1.807) is 12.0 Å². The maximum atomic E-state index is 12.8. The molecule has 2 aromatic heterocycles. The minimum absolute atomic E-state index is 0.0492. The van der Waals surface area contributed by atoms with Gasteiger partial charge in [-0.3, -0.25) is 9.20 Å². The quantitative estimate of drug-likeness (QED) is 0.457. The molecule has 1 saturated heterocycles. The van der Waals surface area contributed by atoms with Gasteiger partial charge in [-0.15, -0.1) is 0 Å². The van der Waals surface area contributed by atoms with Crippen LogP contribution >= 0.6 is 11.3 Å². The van der Waals surface area contributed by atoms with Gasteiger partial charge in [0.25, 0.3) is 5.91 Å². The summed E-state index contributed by atoms with van der Waals surface area (Å²) in [4.78, 5) is 20.9. The largest absolute Gasteiger partial charge is 0.385 e. The molecule has 8 heteroatoms. The highest BCUT2D eigenvalue weighted by Gasteiger charge is 2.18. The summed E-state index contributed by atoms with van der Waals surface area (Å²) in [7, 11) is 3.56. The number of thiazole rings is 1. The molecule has 0 bridgehead atoms. The zero-order valence-corrected chi connectivity index (χ0v) is 19.2. The Hall–Kier alpha value is -2.00. The predicted octanol–water partition coefficient (Wildman–Crippen LogP) is 3.71. The van der Waals surface area contributed by atoms with Crippen molar-refractivity contribution in [3.63, 3.8) is 0 Å². The van der Waals surface area contributed by atoms with Gasteiger partial charge in [-0.05, 0) is 56.3 Å². The number of benzene rings is 1. The molecule has 1 atom stereocenters. The molecule has 1 amide bonds. The number of fused-ring (bicyclic) bond motifs is 3. The third-order valence-electron chi connectivity index (χ3n) is 5.81. The number of carbonyl (C=O) groups is 1. The van der Waals surface area contributed by atoms with Crippen LogP contribution in [0, 0.1) is 0 Å². The fraction of sp³-hybridized carbons (Fsp3) is 0.565. The number of nitrogens with one attached hydrogen (secondary N) is 1. The highest BCUT2D eigenvalue weighted by atomic mass is 32.1. The maximum Gasteiger partial charge on any atom is 0.265 e. The number of hydrogen-bond acceptors (Lipinski definition) is 6. The molecule has 1 aliphatic rings. The molecule has 1 fully saturated rings. The second-order valence-electron chi connectivity index (χ2n) is 8.21. The summed E-state index contributed by atoms with van der Waals surface area (Å²) >= 11 is 1.45. The van der Waals surface area contributed by atoms with Crippen LogP contribution in [-0.4, -0.2) is 66.8 Å². The van der Waals surface area contributed by atoms with Gasteiger partial charge >= 0.3 is 0 Å². The number of amides is 1. The highest BCUT2D eigenvalue weighted by Crippen LogP contribution is 2.25. The Balaban J connectivity index is 1.36. The van der Waals surface area contributed by atoms with Crippen LogP contribution in [-0.2, 0) is 16.0 Å². The van der Waals surface area contributed by atoms with E-state index in [0.717, 1.165) is 73.0 Å². The Kier molecular flexibility index (Phi) is 7.55. The number of rotatable bonds is 11. The lowest BCUT2D eigenvalue weighted by atomic mass is 10.1. The van der Waals surface area contributed by atoms with Crippen LogP contribution < -0.4 is 5.32 Å². The van der Waals surface area contributed by atoms with Crippen molar-refractivity contribution in [2.45, 2.75) is 44.8 Å². The van der Waals surface area contributed by atoms with Crippen molar-refractivity contribution in [3.05, 3.63) is 34.8 Å². The van der Waals surface area contributed by atoms with Crippen LogP contribution in [0.2, 0.25) is 0 Å². The van der Waals surface area contributed by atoms with Crippen LogP contribution in [0.5, 0.6) is 0 Å². The predicted molar refractivity (Wildman–Crippen MR) is 124 cm³/mol. The number of hydrogen-bond donors (Lipinski definition) is 1. The third kappa shape index (κ3) is 5.44. The lowest BCUT2D eigenvalue weighted by Gasteiger charge is -2.15. The molecular formula is C23H32N4O3S. The van der Waals surface area contributed by atoms with E-state index in [1.165, 1.54) is 29.7 Å². The first-order valence-corrected chi connectivity index (χ1v) is 11.9. The number of aromatic nitrogens is 2. The van der Waals surface area contributed by atoms with Crippen molar-refractivity contribution in [2.75, 3.05) is 40.5 Å². The first-order valence-electron chi connectivity index (χ1n) is 11.1. The minimum atomic E-state index is 0.0492. The molecule has 168 valence electrons. The molecule has 7 nitrogen and oxygen atoms in total. The van der Waals surface area contributed by atoms with Crippen molar-refractivity contribution < 1.29 is 14.3 Å². The van der Waals surface area contributed by atoms with Crippen molar-refractivity contribution in [1.82, 2.24) is 19.6 Å². The topological polar surface area (TPSA) is 68.1 Å². The number of unbranched alkanes of at least 4 members (excludes halogenated alkanes) is 1. The molecule has 3 aromatic rings. The lowest BCUT2D eigenvalue weighted by molar-refractivity contribution is 0.0792. The monoisotopic (exact) mass is 444 g/mol. The van der Waals surface area contributed by atoms with Crippen molar-refractivity contribution in [1.29, 1.82) is 0 Å². The van der Waals surface area contributed by atoms with E-state index < -0.39 is 0 Å². The van der Waals surface area contributed by atoms with Gasteiger partial charge in [-0.25, -0.2) is 4.98 Å². The van der Waals surface area contributed by atoms with Gasteiger partial charge in [0.1, 0.15) is 4.88 Å². The number of carbonyl (C=O) groups excluding carboxylic acids is 1. The number of ether oxygens (including phenoxy) is 2. The zero-order chi connectivity index (χ0) is 21.6. The summed E-state index contributed by atoms with van der Waals surface area (Å²) in [5.41, 5.74) is 3.23. The first-order chi connectivity index (χ1) is 15.2. The van der Waals surface area contributed by atoms with E-state index >= 15 is 0 Å². The Bertz CT molecular complexity index is 1010. The van der Waals surface area contributed by atoms with Crippen LogP contribution in [0.1, 0.15) is 47.3 Å². The average Bonchev–Trinajstić information content (AvgIpc) is 3.49. The van der Waals surface area contributed by atoms with Crippen LogP contribution in [0.25, 0.3) is 16.0 Å². The molecule has 4 rings (SSSR count). The standard InChI is InChI=1S/C23H32N4O3S/c1-26(11-3-4-12-29-2)22(28)21-16-27-20-8-7-17(14-19(20)25-23(27)31-21)15-24-10-9-18-6-5-13-30-18/h7-8,14,16,18,24H,3-6,9-13,15H2,1-2H3. The highest BCUT2D eigenvalue weighted by molar-refractivity contribution is 7.18. The van der Waals surface area contributed by atoms with Gasteiger partial charge in [-0.1, -0.05) is 17.4 Å². The molecule has 0 aliphatic carbocycles. The molecular weight excluding hydrogens is 412 g/mol. The van der Waals surface area contributed by atoms with E-state index in [0.29, 0.717) is 6.10 Å². The summed E-state index contributed by atoms with van der Waals surface area (Å²) in [6.45, 7) is 4.16. The third-order valence-corrected chi connectivity index (χ3v) is 6.79. The average molecular weight is 445 g/mol. The smallest absolute Gasteiger partial charge is 0.265 e. The minimum Gasteiger partial charge on any atom is -0.385 e. The maximum absolute atomic E-state index is 12.8. The van der Waals surface area contributed by atoms with Gasteiger partial charge in [0.05, 0.1) is 17.1 Å². The number of imidazole rings is 1. The summed E-state index contributed by atoms with van der Waals surface area (Å²) in [5, 5.41) is 3.51. The van der Waals surface area contributed by atoms with Crippen LogP contribution in [0.15, 0.2) is 24.4 Å². The zero-order valence-electron chi connectivity index (χ0n) is 18.4. The van der Waals surface area contributed by atoms with E-state index in [1.807, 2.05) is 17.6 Å².